The van der Waals surface area contributed by atoms with Crippen LogP contribution in [0, 0.1) is 17.3 Å². The van der Waals surface area contributed by atoms with Crippen LogP contribution >= 0.6 is 0 Å². The number of hydrogen-bond acceptors (Lipinski definition) is 2. The molecule has 0 N–H and O–H groups in total. The van der Waals surface area contributed by atoms with Gasteiger partial charge in [0, 0.05) is 5.41 Å². The van der Waals surface area contributed by atoms with E-state index in [2.05, 4.69) is 34.3 Å². The average Bonchev–Trinajstić information content (AvgIpc) is 2.22. The summed E-state index contributed by atoms with van der Waals surface area (Å²) >= 11 is 0. The molecule has 0 bridgehead atoms. The zero-order valence-electron chi connectivity index (χ0n) is 11.9. The van der Waals surface area contributed by atoms with Crippen molar-refractivity contribution in [3.8, 4) is 0 Å². The Hall–Kier alpha value is -0.790. The number of rotatable bonds is 5. The number of esters is 1. The van der Waals surface area contributed by atoms with Crippen LogP contribution < -0.4 is 0 Å². The lowest BCUT2D eigenvalue weighted by molar-refractivity contribution is -0.177. The second-order valence-electron chi connectivity index (χ2n) is 6.07. The highest BCUT2D eigenvalue weighted by atomic mass is 16.5. The van der Waals surface area contributed by atoms with Crippen molar-refractivity contribution in [3.05, 3.63) is 12.2 Å². The average molecular weight is 238 g/mol. The van der Waals surface area contributed by atoms with E-state index in [4.69, 9.17) is 4.74 Å². The van der Waals surface area contributed by atoms with Crippen LogP contribution in [0.5, 0.6) is 0 Å². The maximum Gasteiger partial charge on any atom is 0.308 e. The van der Waals surface area contributed by atoms with Gasteiger partial charge in [0.25, 0.3) is 0 Å². The molecule has 0 radical (unpaired) electrons. The molecular weight excluding hydrogens is 212 g/mol. The van der Waals surface area contributed by atoms with Gasteiger partial charge in [0.2, 0.25) is 0 Å². The van der Waals surface area contributed by atoms with Gasteiger partial charge in [-0.25, -0.2) is 0 Å². The summed E-state index contributed by atoms with van der Waals surface area (Å²) in [7, 11) is 0. The lowest BCUT2D eigenvalue weighted by atomic mass is 9.58. The predicted molar refractivity (Wildman–Crippen MR) is 70.7 cm³/mol. The molecule has 1 saturated carbocycles. The van der Waals surface area contributed by atoms with Crippen molar-refractivity contribution in [2.75, 3.05) is 0 Å². The van der Waals surface area contributed by atoms with Gasteiger partial charge in [0.05, 0.1) is 5.92 Å². The topological polar surface area (TPSA) is 26.3 Å². The Morgan fingerprint density at radius 1 is 1.53 bits per heavy atom. The van der Waals surface area contributed by atoms with Gasteiger partial charge in [0.15, 0.2) is 0 Å². The minimum Gasteiger partial charge on any atom is -0.462 e. The van der Waals surface area contributed by atoms with E-state index < -0.39 is 0 Å². The summed E-state index contributed by atoms with van der Waals surface area (Å²) in [6, 6.07) is 0. The Balaban J connectivity index is 2.50. The monoisotopic (exact) mass is 238 g/mol. The molecule has 17 heavy (non-hydrogen) atoms. The van der Waals surface area contributed by atoms with Crippen LogP contribution in [-0.4, -0.2) is 12.1 Å². The van der Waals surface area contributed by atoms with E-state index in [0.717, 1.165) is 19.3 Å². The summed E-state index contributed by atoms with van der Waals surface area (Å²) < 4.78 is 5.62. The third-order valence-corrected chi connectivity index (χ3v) is 4.16. The van der Waals surface area contributed by atoms with Gasteiger partial charge in [-0.1, -0.05) is 46.3 Å². The van der Waals surface area contributed by atoms with E-state index in [1.165, 1.54) is 5.57 Å². The number of carbonyl (C=O) groups excluding carboxylic acids is 1. The van der Waals surface area contributed by atoms with Gasteiger partial charge in [-0.05, 0) is 25.7 Å². The van der Waals surface area contributed by atoms with E-state index in [1.54, 1.807) is 0 Å². The van der Waals surface area contributed by atoms with E-state index in [9.17, 15) is 4.79 Å². The van der Waals surface area contributed by atoms with E-state index in [0.29, 0.717) is 5.92 Å². The molecule has 0 aliphatic heterocycles. The molecule has 0 aromatic carbocycles. The summed E-state index contributed by atoms with van der Waals surface area (Å²) in [5.41, 5.74) is 1.25. The van der Waals surface area contributed by atoms with Gasteiger partial charge >= 0.3 is 5.97 Å². The normalized spacial score (nSPS) is 28.1. The first-order valence-electron chi connectivity index (χ1n) is 6.66. The van der Waals surface area contributed by atoms with E-state index >= 15 is 0 Å². The van der Waals surface area contributed by atoms with Crippen LogP contribution in [0.2, 0.25) is 0 Å². The lowest BCUT2D eigenvalue weighted by Gasteiger charge is -2.51. The number of ether oxygens (including phenoxy) is 1. The molecule has 1 rings (SSSR count). The lowest BCUT2D eigenvalue weighted by Crippen LogP contribution is -2.52. The van der Waals surface area contributed by atoms with Gasteiger partial charge in [-0.15, -0.1) is 0 Å². The molecule has 0 aromatic rings. The van der Waals surface area contributed by atoms with E-state index in [-0.39, 0.29) is 23.4 Å². The van der Waals surface area contributed by atoms with Crippen molar-refractivity contribution in [2.24, 2.45) is 17.3 Å². The summed E-state index contributed by atoms with van der Waals surface area (Å²) in [6.45, 7) is 14.4. The second kappa shape index (κ2) is 5.24. The molecule has 98 valence electrons. The zero-order valence-corrected chi connectivity index (χ0v) is 11.9. The molecule has 1 aliphatic rings. The van der Waals surface area contributed by atoms with Gasteiger partial charge in [-0.2, -0.15) is 0 Å². The molecule has 0 heterocycles. The molecule has 1 fully saturated rings. The molecule has 2 heteroatoms. The molecule has 0 amide bonds. The summed E-state index contributed by atoms with van der Waals surface area (Å²) in [5, 5.41) is 0. The highest BCUT2D eigenvalue weighted by Crippen LogP contribution is 2.51. The summed E-state index contributed by atoms with van der Waals surface area (Å²) in [5.74, 6) is 0.478. The fraction of sp³-hybridized carbons (Fsp3) is 0.800. The van der Waals surface area contributed by atoms with E-state index in [1.807, 2.05) is 6.92 Å². The molecule has 0 aromatic heterocycles. The molecule has 2 nitrogen and oxygen atoms in total. The third kappa shape index (κ3) is 2.91. The molecule has 0 spiro atoms. The standard InChI is InChI=1S/C15H26O2/c1-7-8-11(4)14(16)17-13-9-12(10(2)3)15(13,5)6/h11-13H,2,7-9H2,1,3-6H3. The van der Waals surface area contributed by atoms with Gasteiger partial charge in [-0.3, -0.25) is 4.79 Å². The quantitative estimate of drug-likeness (QED) is 0.535. The fourth-order valence-corrected chi connectivity index (χ4v) is 2.73. The van der Waals surface area contributed by atoms with Crippen LogP contribution in [0.15, 0.2) is 12.2 Å². The Kier molecular flexibility index (Phi) is 4.40. The van der Waals surface area contributed by atoms with Crippen molar-refractivity contribution in [1.82, 2.24) is 0 Å². The zero-order chi connectivity index (χ0) is 13.2. The van der Waals surface area contributed by atoms with Crippen molar-refractivity contribution >= 4 is 5.97 Å². The number of allylic oxidation sites excluding steroid dienone is 1. The molecule has 0 saturated heterocycles. The number of hydrogen-bond donors (Lipinski definition) is 0. The van der Waals surface area contributed by atoms with Crippen LogP contribution in [0.4, 0.5) is 0 Å². The maximum absolute atomic E-state index is 11.9. The Morgan fingerprint density at radius 2 is 2.12 bits per heavy atom. The Morgan fingerprint density at radius 3 is 2.53 bits per heavy atom. The summed E-state index contributed by atoms with van der Waals surface area (Å²) in [4.78, 5) is 11.9. The minimum absolute atomic E-state index is 0.0275. The molecule has 3 unspecified atom stereocenters. The largest absolute Gasteiger partial charge is 0.462 e. The van der Waals surface area contributed by atoms with Gasteiger partial charge < -0.3 is 4.74 Å². The predicted octanol–water partition coefficient (Wildman–Crippen LogP) is 3.96. The highest BCUT2D eigenvalue weighted by molar-refractivity contribution is 5.72. The van der Waals surface area contributed by atoms with Crippen LogP contribution in [0.3, 0.4) is 0 Å². The summed E-state index contributed by atoms with van der Waals surface area (Å²) in [6.07, 6.45) is 2.94. The van der Waals surface area contributed by atoms with Crippen LogP contribution in [0.1, 0.15) is 53.9 Å². The fourth-order valence-electron chi connectivity index (χ4n) is 2.73. The Labute approximate surface area is 105 Å². The maximum atomic E-state index is 11.9. The Bertz CT molecular complexity index is 304. The van der Waals surface area contributed by atoms with Crippen LogP contribution in [-0.2, 0) is 9.53 Å². The highest BCUT2D eigenvalue weighted by Gasteiger charge is 2.50. The van der Waals surface area contributed by atoms with Crippen LogP contribution in [0.25, 0.3) is 0 Å². The minimum atomic E-state index is -0.0370. The molecule has 3 atom stereocenters. The van der Waals surface area contributed by atoms with Crippen molar-refractivity contribution < 1.29 is 9.53 Å². The van der Waals surface area contributed by atoms with Crippen molar-refractivity contribution in [2.45, 2.75) is 60.0 Å². The second-order valence-corrected chi connectivity index (χ2v) is 6.07. The SMILES string of the molecule is C=C(C)C1CC(OC(=O)C(C)CCC)C1(C)C. The van der Waals surface area contributed by atoms with Gasteiger partial charge in [0.1, 0.15) is 6.10 Å². The van der Waals surface area contributed by atoms with Crippen molar-refractivity contribution in [1.29, 1.82) is 0 Å². The first kappa shape index (κ1) is 14.3. The number of carbonyl (C=O) groups is 1. The first-order chi connectivity index (χ1) is 7.80. The molecular formula is C15H26O2. The third-order valence-electron chi connectivity index (χ3n) is 4.16. The molecule has 1 aliphatic carbocycles. The van der Waals surface area contributed by atoms with Crippen molar-refractivity contribution in [3.63, 3.8) is 0 Å². The first-order valence-corrected chi connectivity index (χ1v) is 6.66. The smallest absolute Gasteiger partial charge is 0.308 e.